The molecule has 0 aromatic carbocycles. The lowest BCUT2D eigenvalue weighted by Crippen LogP contribution is -2.40. The lowest BCUT2D eigenvalue weighted by Gasteiger charge is -2.20. The number of pyridine rings is 1. The first-order chi connectivity index (χ1) is 9.56. The fourth-order valence-corrected chi connectivity index (χ4v) is 4.11. The topological polar surface area (TPSA) is 62.0 Å². The highest BCUT2D eigenvalue weighted by Gasteiger charge is 2.39. The maximum Gasteiger partial charge on any atom is 0.257 e. The second kappa shape index (κ2) is 5.08. The van der Waals surface area contributed by atoms with E-state index in [0.717, 1.165) is 18.0 Å². The van der Waals surface area contributed by atoms with Crippen LogP contribution in [-0.2, 0) is 0 Å². The van der Waals surface area contributed by atoms with Crippen LogP contribution in [0.4, 0.5) is 0 Å². The Labute approximate surface area is 119 Å². The van der Waals surface area contributed by atoms with Gasteiger partial charge in [-0.05, 0) is 44.9 Å². The van der Waals surface area contributed by atoms with Crippen molar-refractivity contribution in [3.63, 3.8) is 0 Å². The third-order valence-corrected chi connectivity index (χ3v) is 4.98. The number of nitrogens with one attached hydrogen (secondary N) is 2. The quantitative estimate of drug-likeness (QED) is 0.869. The van der Waals surface area contributed by atoms with Crippen LogP contribution in [-0.4, -0.2) is 16.9 Å². The van der Waals surface area contributed by atoms with Crippen LogP contribution < -0.4 is 10.7 Å². The monoisotopic (exact) mass is 274 g/mol. The molecule has 0 aliphatic heterocycles. The van der Waals surface area contributed by atoms with E-state index in [1.165, 1.54) is 31.7 Å². The Morgan fingerprint density at radius 1 is 1.25 bits per heavy atom. The largest absolute Gasteiger partial charge is 0.362 e. The van der Waals surface area contributed by atoms with Crippen molar-refractivity contribution >= 4 is 5.91 Å². The van der Waals surface area contributed by atoms with Gasteiger partial charge in [-0.2, -0.15) is 0 Å². The summed E-state index contributed by atoms with van der Waals surface area (Å²) < 4.78 is 0. The molecule has 1 amide bonds. The summed E-state index contributed by atoms with van der Waals surface area (Å²) in [6.07, 6.45) is 6.09. The number of carbonyl (C=O) groups excluding carboxylic acids is 1. The predicted molar refractivity (Wildman–Crippen MR) is 77.9 cm³/mol. The molecule has 2 fully saturated rings. The summed E-state index contributed by atoms with van der Waals surface area (Å²) >= 11 is 0. The van der Waals surface area contributed by atoms with Crippen molar-refractivity contribution in [3.05, 3.63) is 33.2 Å². The van der Waals surface area contributed by atoms with E-state index in [4.69, 9.17) is 0 Å². The average molecular weight is 274 g/mol. The van der Waals surface area contributed by atoms with Crippen LogP contribution in [0.15, 0.2) is 10.9 Å². The number of H-pyrrole nitrogens is 1. The molecule has 2 saturated carbocycles. The molecule has 108 valence electrons. The molecule has 3 atom stereocenters. The number of aromatic nitrogens is 1. The Bertz CT molecular complexity index is 591. The van der Waals surface area contributed by atoms with Crippen molar-refractivity contribution < 1.29 is 4.79 Å². The number of aryl methyl sites for hydroxylation is 2. The van der Waals surface area contributed by atoms with Gasteiger partial charge in [0.25, 0.3) is 5.91 Å². The fourth-order valence-electron chi connectivity index (χ4n) is 4.11. The molecule has 0 saturated heterocycles. The summed E-state index contributed by atoms with van der Waals surface area (Å²) in [7, 11) is 0. The molecule has 0 unspecified atom stereocenters. The molecule has 2 aliphatic rings. The molecule has 1 aromatic rings. The van der Waals surface area contributed by atoms with E-state index in [9.17, 15) is 9.59 Å². The smallest absolute Gasteiger partial charge is 0.257 e. The zero-order valence-electron chi connectivity index (χ0n) is 12.2. The van der Waals surface area contributed by atoms with Gasteiger partial charge in [-0.25, -0.2) is 0 Å². The Hall–Kier alpha value is -1.58. The van der Waals surface area contributed by atoms with E-state index < -0.39 is 0 Å². The van der Waals surface area contributed by atoms with Gasteiger partial charge in [-0.3, -0.25) is 9.59 Å². The van der Waals surface area contributed by atoms with E-state index in [1.54, 1.807) is 6.92 Å². The summed E-state index contributed by atoms with van der Waals surface area (Å²) in [5, 5.41) is 3.11. The van der Waals surface area contributed by atoms with E-state index in [0.29, 0.717) is 11.6 Å². The van der Waals surface area contributed by atoms with Gasteiger partial charge in [-0.1, -0.05) is 12.8 Å². The third-order valence-electron chi connectivity index (χ3n) is 4.98. The minimum atomic E-state index is -0.207. The summed E-state index contributed by atoms with van der Waals surface area (Å²) in [6, 6.07) is 1.75. The van der Waals surface area contributed by atoms with Crippen molar-refractivity contribution in [1.29, 1.82) is 0 Å². The number of aromatic amines is 1. The van der Waals surface area contributed by atoms with Gasteiger partial charge in [0, 0.05) is 23.5 Å². The maximum atomic E-state index is 12.4. The zero-order chi connectivity index (χ0) is 14.3. The van der Waals surface area contributed by atoms with Crippen LogP contribution in [0.3, 0.4) is 0 Å². The van der Waals surface area contributed by atoms with Gasteiger partial charge < -0.3 is 10.3 Å². The predicted octanol–water partition coefficient (Wildman–Crippen LogP) is 2.30. The number of carbonyl (C=O) groups is 1. The number of amides is 1. The number of hydrogen-bond donors (Lipinski definition) is 2. The van der Waals surface area contributed by atoms with Gasteiger partial charge in [0.15, 0.2) is 5.43 Å². The number of hydrogen-bond acceptors (Lipinski definition) is 2. The number of rotatable bonds is 2. The normalized spacial score (nSPS) is 28.4. The molecule has 2 N–H and O–H groups in total. The summed E-state index contributed by atoms with van der Waals surface area (Å²) in [4.78, 5) is 27.5. The highest BCUT2D eigenvalue weighted by molar-refractivity contribution is 5.95. The first-order valence-electron chi connectivity index (χ1n) is 7.57. The molecule has 1 aromatic heterocycles. The van der Waals surface area contributed by atoms with E-state index >= 15 is 0 Å². The first-order valence-corrected chi connectivity index (χ1v) is 7.57. The van der Waals surface area contributed by atoms with E-state index in [2.05, 4.69) is 10.3 Å². The van der Waals surface area contributed by atoms with Gasteiger partial charge >= 0.3 is 0 Å². The van der Waals surface area contributed by atoms with Crippen LogP contribution in [0.2, 0.25) is 0 Å². The molecule has 1 heterocycles. The Morgan fingerprint density at radius 2 is 2.05 bits per heavy atom. The van der Waals surface area contributed by atoms with Crippen molar-refractivity contribution in [1.82, 2.24) is 10.3 Å². The van der Waals surface area contributed by atoms with Gasteiger partial charge in [0.05, 0.1) is 0 Å². The third kappa shape index (κ3) is 2.28. The molecule has 20 heavy (non-hydrogen) atoms. The lowest BCUT2D eigenvalue weighted by atomic mass is 9.97. The van der Waals surface area contributed by atoms with Gasteiger partial charge in [0.1, 0.15) is 5.56 Å². The van der Waals surface area contributed by atoms with Crippen LogP contribution in [0.25, 0.3) is 0 Å². The van der Waals surface area contributed by atoms with Crippen LogP contribution in [0.5, 0.6) is 0 Å². The van der Waals surface area contributed by atoms with E-state index in [1.807, 2.05) is 6.92 Å². The number of fused-ring (bicyclic) bond motifs is 1. The van der Waals surface area contributed by atoms with Crippen LogP contribution in [0.1, 0.15) is 53.8 Å². The standard InChI is InChI=1S/C16H22N2O2/c1-9-8-14(19)15(10(2)17-9)16(20)18-13-7-6-11-4-3-5-12(11)13/h8,11-13H,3-7H2,1-2H3,(H,17,19)(H,18,20)/t11-,12-,13-/m0/s1. The van der Waals surface area contributed by atoms with Crippen molar-refractivity contribution in [2.75, 3.05) is 0 Å². The second-order valence-corrected chi connectivity index (χ2v) is 6.33. The average Bonchev–Trinajstić information content (AvgIpc) is 2.92. The first kappa shape index (κ1) is 13.4. The summed E-state index contributed by atoms with van der Waals surface area (Å²) in [6.45, 7) is 3.62. The summed E-state index contributed by atoms with van der Waals surface area (Å²) in [5.41, 5.74) is 1.54. The fraction of sp³-hybridized carbons (Fsp3) is 0.625. The SMILES string of the molecule is Cc1cc(=O)c(C(=O)N[C@H]2CC[C@@H]3CCC[C@@H]32)c(C)[nH]1. The minimum absolute atomic E-state index is 0.183. The van der Waals surface area contributed by atoms with Gasteiger partial charge in [-0.15, -0.1) is 0 Å². The Morgan fingerprint density at radius 3 is 2.80 bits per heavy atom. The zero-order valence-corrected chi connectivity index (χ0v) is 12.2. The Kier molecular flexibility index (Phi) is 3.40. The van der Waals surface area contributed by atoms with Crippen LogP contribution >= 0.6 is 0 Å². The molecule has 4 nitrogen and oxygen atoms in total. The maximum absolute atomic E-state index is 12.4. The second-order valence-electron chi connectivity index (χ2n) is 6.33. The molecule has 4 heteroatoms. The highest BCUT2D eigenvalue weighted by atomic mass is 16.2. The molecule has 0 bridgehead atoms. The lowest BCUT2D eigenvalue weighted by molar-refractivity contribution is 0.0924. The van der Waals surface area contributed by atoms with Crippen molar-refractivity contribution in [2.24, 2.45) is 11.8 Å². The summed E-state index contributed by atoms with van der Waals surface area (Å²) in [5.74, 6) is 1.21. The molecule has 0 radical (unpaired) electrons. The van der Waals surface area contributed by atoms with Crippen molar-refractivity contribution in [2.45, 2.75) is 52.0 Å². The highest BCUT2D eigenvalue weighted by Crippen LogP contribution is 2.43. The molecular weight excluding hydrogens is 252 g/mol. The van der Waals surface area contributed by atoms with Gasteiger partial charge in [0.2, 0.25) is 0 Å². The van der Waals surface area contributed by atoms with E-state index in [-0.39, 0.29) is 22.9 Å². The molecule has 3 rings (SSSR count). The molecular formula is C16H22N2O2. The van der Waals surface area contributed by atoms with Crippen molar-refractivity contribution in [3.8, 4) is 0 Å². The minimum Gasteiger partial charge on any atom is -0.362 e. The molecule has 0 spiro atoms. The van der Waals surface area contributed by atoms with Crippen LogP contribution in [0, 0.1) is 25.7 Å². The Balaban J connectivity index is 1.79. The molecule has 2 aliphatic carbocycles.